The molecule has 1 aliphatic heterocycles. The van der Waals surface area contributed by atoms with Gasteiger partial charge in [-0.15, -0.1) is 0 Å². The largest absolute Gasteiger partial charge is 0.399 e. The highest BCUT2D eigenvalue weighted by Crippen LogP contribution is 2.29. The molecule has 0 bridgehead atoms. The van der Waals surface area contributed by atoms with Crippen LogP contribution in [0.25, 0.3) is 0 Å². The third-order valence-corrected chi connectivity index (χ3v) is 3.89. The van der Waals surface area contributed by atoms with Gasteiger partial charge in [-0.2, -0.15) is 0 Å². The molecule has 0 radical (unpaired) electrons. The Labute approximate surface area is 130 Å². The molecule has 2 aromatic rings. The summed E-state index contributed by atoms with van der Waals surface area (Å²) in [7, 11) is 0. The van der Waals surface area contributed by atoms with Gasteiger partial charge in [0.15, 0.2) is 11.6 Å². The lowest BCUT2D eigenvalue weighted by Crippen LogP contribution is -2.47. The van der Waals surface area contributed by atoms with Crippen LogP contribution in [0.15, 0.2) is 30.3 Å². The minimum atomic E-state index is -0.743. The van der Waals surface area contributed by atoms with Gasteiger partial charge in [0.25, 0.3) is 0 Å². The van der Waals surface area contributed by atoms with Crippen molar-refractivity contribution in [2.24, 2.45) is 0 Å². The van der Waals surface area contributed by atoms with E-state index in [1.54, 1.807) is 0 Å². The van der Waals surface area contributed by atoms with Crippen molar-refractivity contribution in [1.29, 1.82) is 0 Å². The van der Waals surface area contributed by atoms with E-state index >= 15 is 0 Å². The van der Waals surface area contributed by atoms with Gasteiger partial charge in [-0.25, -0.2) is 17.6 Å². The summed E-state index contributed by atoms with van der Waals surface area (Å²) in [5.74, 6) is -2.78. The fraction of sp³-hybridized carbons (Fsp3) is 0.250. The maximum absolute atomic E-state index is 13.9. The number of halogens is 4. The van der Waals surface area contributed by atoms with Crippen molar-refractivity contribution in [1.82, 2.24) is 0 Å². The maximum Gasteiger partial charge on any atom is 0.151 e. The first-order valence-electron chi connectivity index (χ1n) is 7.16. The average molecular weight is 325 g/mol. The first kappa shape index (κ1) is 15.5. The van der Waals surface area contributed by atoms with Gasteiger partial charge in [-0.3, -0.25) is 0 Å². The molecule has 1 fully saturated rings. The molecule has 0 saturated carbocycles. The molecular weight excluding hydrogens is 310 g/mol. The minimum absolute atomic E-state index is 0.0100. The second kappa shape index (κ2) is 5.98. The standard InChI is InChI=1S/C16H15F4N3/c17-11-2-1-3-12(18)15(11)22-4-6-23(7-5-22)16-13(19)8-10(21)9-14(16)20/h1-3,8-9H,4-7,21H2. The number of hydrogen-bond donors (Lipinski definition) is 1. The van der Waals surface area contributed by atoms with Crippen LogP contribution in [0, 0.1) is 23.3 Å². The molecule has 122 valence electrons. The van der Waals surface area contributed by atoms with E-state index in [-0.39, 0.29) is 43.2 Å². The number of rotatable bonds is 2. The van der Waals surface area contributed by atoms with Gasteiger partial charge >= 0.3 is 0 Å². The lowest BCUT2D eigenvalue weighted by Gasteiger charge is -2.37. The highest BCUT2D eigenvalue weighted by Gasteiger charge is 2.25. The number of nitrogen functional groups attached to an aromatic ring is 1. The molecule has 1 saturated heterocycles. The molecular formula is C16H15F4N3. The minimum Gasteiger partial charge on any atom is -0.399 e. The van der Waals surface area contributed by atoms with Crippen LogP contribution >= 0.6 is 0 Å². The van der Waals surface area contributed by atoms with Gasteiger partial charge < -0.3 is 15.5 Å². The Balaban J connectivity index is 1.79. The molecule has 0 aromatic heterocycles. The van der Waals surface area contributed by atoms with Crippen molar-refractivity contribution in [3.05, 3.63) is 53.6 Å². The number of piperazine rings is 1. The third-order valence-electron chi connectivity index (χ3n) is 3.89. The van der Waals surface area contributed by atoms with Gasteiger partial charge in [-0.1, -0.05) is 6.07 Å². The van der Waals surface area contributed by atoms with Crippen LogP contribution in [0.4, 0.5) is 34.6 Å². The zero-order chi connectivity index (χ0) is 16.6. The zero-order valence-corrected chi connectivity index (χ0v) is 12.2. The Morgan fingerprint density at radius 2 is 1.09 bits per heavy atom. The Kier molecular flexibility index (Phi) is 4.02. The quantitative estimate of drug-likeness (QED) is 0.680. The summed E-state index contributed by atoms with van der Waals surface area (Å²) in [6, 6.07) is 5.78. The number of nitrogens with zero attached hydrogens (tertiary/aromatic N) is 2. The second-order valence-electron chi connectivity index (χ2n) is 5.38. The van der Waals surface area contributed by atoms with Crippen LogP contribution < -0.4 is 15.5 Å². The van der Waals surface area contributed by atoms with Gasteiger partial charge in [0.1, 0.15) is 23.0 Å². The molecule has 1 aliphatic rings. The van der Waals surface area contributed by atoms with Crippen molar-refractivity contribution in [2.45, 2.75) is 0 Å². The highest BCUT2D eigenvalue weighted by atomic mass is 19.1. The number of para-hydroxylation sites is 1. The lowest BCUT2D eigenvalue weighted by molar-refractivity contribution is 0.539. The molecule has 0 atom stereocenters. The first-order valence-corrected chi connectivity index (χ1v) is 7.16. The first-order chi connectivity index (χ1) is 11.0. The van der Waals surface area contributed by atoms with Crippen LogP contribution in [0.1, 0.15) is 0 Å². The van der Waals surface area contributed by atoms with Crippen LogP contribution in [-0.4, -0.2) is 26.2 Å². The monoisotopic (exact) mass is 325 g/mol. The summed E-state index contributed by atoms with van der Waals surface area (Å²) in [5, 5.41) is 0. The maximum atomic E-state index is 13.9. The predicted octanol–water partition coefficient (Wildman–Crippen LogP) is 3.15. The van der Waals surface area contributed by atoms with Gasteiger partial charge in [0.2, 0.25) is 0 Å². The molecule has 2 aromatic carbocycles. The fourth-order valence-electron chi connectivity index (χ4n) is 2.83. The molecule has 3 nitrogen and oxygen atoms in total. The summed E-state index contributed by atoms with van der Waals surface area (Å²) >= 11 is 0. The van der Waals surface area contributed by atoms with Crippen molar-refractivity contribution in [3.8, 4) is 0 Å². The van der Waals surface area contributed by atoms with E-state index in [1.807, 2.05) is 0 Å². The Bertz CT molecular complexity index is 684. The summed E-state index contributed by atoms with van der Waals surface area (Å²) < 4.78 is 55.5. The smallest absolute Gasteiger partial charge is 0.151 e. The van der Waals surface area contributed by atoms with E-state index in [2.05, 4.69) is 0 Å². The molecule has 0 unspecified atom stereocenters. The van der Waals surface area contributed by atoms with Crippen molar-refractivity contribution in [2.75, 3.05) is 41.7 Å². The summed E-state index contributed by atoms with van der Waals surface area (Å²) in [5.41, 5.74) is 5.14. The van der Waals surface area contributed by atoms with Crippen molar-refractivity contribution >= 4 is 17.1 Å². The SMILES string of the molecule is Nc1cc(F)c(N2CCN(c3c(F)cccc3F)CC2)c(F)c1. The molecule has 0 aliphatic carbocycles. The Morgan fingerprint density at radius 3 is 1.52 bits per heavy atom. The predicted molar refractivity (Wildman–Crippen MR) is 81.6 cm³/mol. The number of benzene rings is 2. The van der Waals surface area contributed by atoms with Crippen LogP contribution in [0.3, 0.4) is 0 Å². The van der Waals surface area contributed by atoms with E-state index in [1.165, 1.54) is 28.0 Å². The highest BCUT2D eigenvalue weighted by molar-refractivity contribution is 5.58. The molecule has 23 heavy (non-hydrogen) atoms. The van der Waals surface area contributed by atoms with E-state index in [0.29, 0.717) is 0 Å². The fourth-order valence-corrected chi connectivity index (χ4v) is 2.83. The normalized spacial score (nSPS) is 15.1. The molecule has 3 rings (SSSR count). The number of anilines is 3. The zero-order valence-electron chi connectivity index (χ0n) is 12.2. The summed E-state index contributed by atoms with van der Waals surface area (Å²) in [6.07, 6.45) is 0. The van der Waals surface area contributed by atoms with E-state index < -0.39 is 23.3 Å². The van der Waals surface area contributed by atoms with Crippen LogP contribution in [0.5, 0.6) is 0 Å². The van der Waals surface area contributed by atoms with E-state index in [4.69, 9.17) is 5.73 Å². The second-order valence-corrected chi connectivity index (χ2v) is 5.38. The Morgan fingerprint density at radius 1 is 0.696 bits per heavy atom. The lowest BCUT2D eigenvalue weighted by atomic mass is 10.2. The Hall–Kier alpha value is -2.44. The van der Waals surface area contributed by atoms with Crippen molar-refractivity contribution in [3.63, 3.8) is 0 Å². The van der Waals surface area contributed by atoms with Gasteiger partial charge in [-0.05, 0) is 24.3 Å². The van der Waals surface area contributed by atoms with Crippen LogP contribution in [-0.2, 0) is 0 Å². The molecule has 7 heteroatoms. The molecule has 2 N–H and O–H groups in total. The van der Waals surface area contributed by atoms with Crippen molar-refractivity contribution < 1.29 is 17.6 Å². The molecule has 0 spiro atoms. The molecule has 1 heterocycles. The van der Waals surface area contributed by atoms with Crippen LogP contribution in [0.2, 0.25) is 0 Å². The number of hydrogen-bond acceptors (Lipinski definition) is 3. The number of nitrogens with two attached hydrogens (primary N) is 1. The average Bonchev–Trinajstić information content (AvgIpc) is 2.47. The van der Waals surface area contributed by atoms with Gasteiger partial charge in [0, 0.05) is 31.9 Å². The molecule has 0 amide bonds. The summed E-state index contributed by atoms with van der Waals surface area (Å²) in [4.78, 5) is 3.05. The van der Waals surface area contributed by atoms with Gasteiger partial charge in [0.05, 0.1) is 0 Å². The third kappa shape index (κ3) is 2.91. The topological polar surface area (TPSA) is 32.5 Å². The van der Waals surface area contributed by atoms with E-state index in [9.17, 15) is 17.6 Å². The van der Waals surface area contributed by atoms with E-state index in [0.717, 1.165) is 12.1 Å². The summed E-state index contributed by atoms with van der Waals surface area (Å²) in [6.45, 7) is 0.985.